The van der Waals surface area contributed by atoms with E-state index >= 15 is 0 Å². The van der Waals surface area contributed by atoms with Crippen molar-refractivity contribution in [2.24, 2.45) is 5.92 Å². The molecule has 2 aliphatic rings. The smallest absolute Gasteiger partial charge is 0.308 e. The Balaban J connectivity index is 1.36. The van der Waals surface area contributed by atoms with Gasteiger partial charge in [-0.05, 0) is 54.6 Å². The average molecular weight is 617 g/mol. The zero-order valence-corrected chi connectivity index (χ0v) is 23.8. The van der Waals surface area contributed by atoms with Crippen molar-refractivity contribution in [2.75, 3.05) is 17.3 Å². The maximum absolute atomic E-state index is 13.8. The lowest BCUT2D eigenvalue weighted by Gasteiger charge is -2.29. The van der Waals surface area contributed by atoms with Crippen LogP contribution in [0.25, 0.3) is 0 Å². The Morgan fingerprint density at radius 3 is 2.50 bits per heavy atom. The molecule has 6 rings (SSSR count). The van der Waals surface area contributed by atoms with E-state index in [2.05, 4.69) is 5.32 Å². The number of nitrogens with one attached hydrogen (secondary N) is 1. The largest absolute Gasteiger partial charge is 0.497 e. The maximum atomic E-state index is 13.8. The predicted molar refractivity (Wildman–Crippen MR) is 153 cm³/mol. The van der Waals surface area contributed by atoms with Crippen molar-refractivity contribution in [2.45, 2.75) is 22.7 Å². The molecule has 1 N–H and O–H groups in total. The zero-order valence-electron chi connectivity index (χ0n) is 20.6. The number of carbonyl (C=O) groups is 3. The highest BCUT2D eigenvalue weighted by molar-refractivity contribution is 8.00. The molecular formula is C27H19Cl2N3O6S2. The Morgan fingerprint density at radius 2 is 1.82 bits per heavy atom. The first kappa shape index (κ1) is 26.7. The number of ether oxygens (including phenoxy) is 1. The number of hydrogen-bond donors (Lipinski definition) is 1. The number of thiazole rings is 1. The number of methoxy groups -OCH3 is 1. The number of hydrogen-bond acceptors (Lipinski definition) is 8. The van der Waals surface area contributed by atoms with Gasteiger partial charge in [0.25, 0.3) is 0 Å². The Hall–Kier alpha value is -3.51. The monoisotopic (exact) mass is 615 g/mol. The third-order valence-corrected chi connectivity index (χ3v) is 10.1. The van der Waals surface area contributed by atoms with Crippen molar-refractivity contribution in [3.63, 3.8) is 0 Å². The molecule has 0 radical (unpaired) electrons. The molecule has 0 aliphatic carbocycles. The van der Waals surface area contributed by atoms with Gasteiger partial charge in [-0.15, -0.1) is 0 Å². The number of halogens is 2. The molecule has 204 valence electrons. The molecular weight excluding hydrogens is 597 g/mol. The molecule has 2 aliphatic heterocycles. The molecule has 40 heavy (non-hydrogen) atoms. The first-order valence-corrected chi connectivity index (χ1v) is 14.4. The van der Waals surface area contributed by atoms with Crippen molar-refractivity contribution >= 4 is 75.4 Å². The summed E-state index contributed by atoms with van der Waals surface area (Å²) in [6.45, 7) is -0.301. The number of anilines is 2. The van der Waals surface area contributed by atoms with Crippen LogP contribution in [-0.4, -0.2) is 34.6 Å². The number of carbonyl (C=O) groups excluding carboxylic acids is 3. The molecule has 4 aromatic rings. The molecule has 13 heteroatoms. The van der Waals surface area contributed by atoms with Crippen LogP contribution in [-0.2, 0) is 20.9 Å². The van der Waals surface area contributed by atoms with Crippen molar-refractivity contribution in [1.82, 2.24) is 4.57 Å². The van der Waals surface area contributed by atoms with Gasteiger partial charge in [-0.3, -0.25) is 23.7 Å². The topological polar surface area (TPSA) is 111 Å². The van der Waals surface area contributed by atoms with Gasteiger partial charge >= 0.3 is 4.87 Å². The van der Waals surface area contributed by atoms with Gasteiger partial charge in [0, 0.05) is 5.69 Å². The van der Waals surface area contributed by atoms with Crippen LogP contribution in [0.2, 0.25) is 10.0 Å². The summed E-state index contributed by atoms with van der Waals surface area (Å²) < 4.78 is 12.2. The molecule has 3 atom stereocenters. The van der Waals surface area contributed by atoms with E-state index in [1.54, 1.807) is 48.5 Å². The van der Waals surface area contributed by atoms with Gasteiger partial charge in [0.2, 0.25) is 17.7 Å². The predicted octanol–water partition coefficient (Wildman–Crippen LogP) is 5.25. The average Bonchev–Trinajstić information content (AvgIpc) is 3.64. The number of aromatic nitrogens is 1. The maximum Gasteiger partial charge on any atom is 0.308 e. The molecule has 0 unspecified atom stereocenters. The number of nitrogens with zero attached hydrogens (tertiary/aromatic N) is 2. The standard InChI is InChI=1S/C27H19Cl2N3O6S2/c1-37-15-7-5-14(6-8-15)32-24(34)21-20(18-3-2-10-38-18)23-26(39-22(21)25(32)35)31(27(36)40-23)12-19(33)30-13-4-9-16(28)17(29)11-13/h2-11,20-22H,12H2,1H3,(H,30,33)/t20-,21-,22+/m0/s1. The van der Waals surface area contributed by atoms with Gasteiger partial charge in [0.15, 0.2) is 0 Å². The summed E-state index contributed by atoms with van der Waals surface area (Å²) >= 11 is 14.1. The summed E-state index contributed by atoms with van der Waals surface area (Å²) in [6.07, 6.45) is 1.48. The van der Waals surface area contributed by atoms with E-state index in [4.69, 9.17) is 32.4 Å². The summed E-state index contributed by atoms with van der Waals surface area (Å²) in [4.78, 5) is 55.0. The third-order valence-electron chi connectivity index (χ3n) is 6.73. The van der Waals surface area contributed by atoms with Gasteiger partial charge < -0.3 is 14.5 Å². The van der Waals surface area contributed by atoms with E-state index < -0.39 is 28.9 Å². The number of benzene rings is 2. The van der Waals surface area contributed by atoms with Crippen molar-refractivity contribution in [3.8, 4) is 5.75 Å². The van der Waals surface area contributed by atoms with Gasteiger partial charge in [-0.1, -0.05) is 46.3 Å². The molecule has 9 nitrogen and oxygen atoms in total. The molecule has 1 fully saturated rings. The first-order chi connectivity index (χ1) is 19.3. The lowest BCUT2D eigenvalue weighted by molar-refractivity contribution is -0.122. The van der Waals surface area contributed by atoms with E-state index in [0.29, 0.717) is 37.8 Å². The van der Waals surface area contributed by atoms with Gasteiger partial charge in [-0.2, -0.15) is 0 Å². The Kier molecular flexibility index (Phi) is 6.99. The Morgan fingerprint density at radius 1 is 1.05 bits per heavy atom. The normalized spacial score (nSPS) is 19.9. The SMILES string of the molecule is COc1ccc(N2C(=O)[C@H]3[C@H](c4ccco4)c4sc(=O)n(CC(=O)Nc5ccc(Cl)c(Cl)c5)c4S[C@H]3C2=O)cc1. The summed E-state index contributed by atoms with van der Waals surface area (Å²) in [5.74, 6) is -1.67. The lowest BCUT2D eigenvalue weighted by atomic mass is 9.87. The van der Waals surface area contributed by atoms with Crippen LogP contribution in [0.4, 0.5) is 11.4 Å². The van der Waals surface area contributed by atoms with Gasteiger partial charge in [0.05, 0.1) is 50.8 Å². The van der Waals surface area contributed by atoms with Crippen LogP contribution in [0.5, 0.6) is 5.75 Å². The fourth-order valence-corrected chi connectivity index (χ4v) is 7.99. The molecule has 3 amide bonds. The zero-order chi connectivity index (χ0) is 28.1. The van der Waals surface area contributed by atoms with E-state index in [1.807, 2.05) is 0 Å². The van der Waals surface area contributed by atoms with E-state index in [0.717, 1.165) is 23.1 Å². The lowest BCUT2D eigenvalue weighted by Crippen LogP contribution is -2.32. The minimum absolute atomic E-state index is 0.276. The minimum atomic E-state index is -0.824. The van der Waals surface area contributed by atoms with E-state index in [9.17, 15) is 19.2 Å². The van der Waals surface area contributed by atoms with Crippen molar-refractivity contribution in [1.29, 1.82) is 0 Å². The highest BCUT2D eigenvalue weighted by Crippen LogP contribution is 2.54. The quantitative estimate of drug-likeness (QED) is 0.295. The minimum Gasteiger partial charge on any atom is -0.497 e. The number of fused-ring (bicyclic) bond motifs is 2. The molecule has 0 saturated carbocycles. The molecule has 1 saturated heterocycles. The highest BCUT2D eigenvalue weighted by atomic mass is 35.5. The second-order valence-electron chi connectivity index (χ2n) is 9.07. The Bertz CT molecular complexity index is 1700. The van der Waals surface area contributed by atoms with Crippen LogP contribution >= 0.6 is 46.3 Å². The second-order valence-corrected chi connectivity index (χ2v) is 12.0. The van der Waals surface area contributed by atoms with E-state index in [-0.39, 0.29) is 22.3 Å². The van der Waals surface area contributed by atoms with Gasteiger partial charge in [0.1, 0.15) is 23.3 Å². The molecule has 2 aromatic heterocycles. The van der Waals surface area contributed by atoms with Gasteiger partial charge in [-0.25, -0.2) is 4.90 Å². The number of amides is 3. The first-order valence-electron chi connectivity index (χ1n) is 12.0. The molecule has 0 spiro atoms. The molecule has 4 heterocycles. The number of thioether (sulfide) groups is 1. The van der Waals surface area contributed by atoms with Crippen LogP contribution in [0.15, 0.2) is 75.1 Å². The summed E-state index contributed by atoms with van der Waals surface area (Å²) in [6, 6.07) is 14.7. The Labute approximate surface area is 245 Å². The third kappa shape index (κ3) is 4.52. The fraction of sp³-hybridized carbons (Fsp3) is 0.185. The number of furan rings is 1. The molecule has 2 aromatic carbocycles. The molecule has 0 bridgehead atoms. The van der Waals surface area contributed by atoms with Crippen LogP contribution in [0.3, 0.4) is 0 Å². The van der Waals surface area contributed by atoms with Crippen LogP contribution in [0.1, 0.15) is 16.6 Å². The summed E-state index contributed by atoms with van der Waals surface area (Å²) in [5.41, 5.74) is 0.843. The number of rotatable bonds is 6. The number of imide groups is 1. The highest BCUT2D eigenvalue weighted by Gasteiger charge is 2.57. The second kappa shape index (κ2) is 10.5. The van der Waals surface area contributed by atoms with Crippen LogP contribution in [0, 0.1) is 5.92 Å². The van der Waals surface area contributed by atoms with E-state index in [1.165, 1.54) is 28.9 Å². The summed E-state index contributed by atoms with van der Waals surface area (Å²) in [5, 5.41) is 2.97. The van der Waals surface area contributed by atoms with Crippen molar-refractivity contribution < 1.29 is 23.5 Å². The van der Waals surface area contributed by atoms with Crippen molar-refractivity contribution in [3.05, 3.63) is 91.2 Å². The van der Waals surface area contributed by atoms with Crippen LogP contribution < -0.4 is 19.8 Å². The summed E-state index contributed by atoms with van der Waals surface area (Å²) in [7, 11) is 1.53. The fourth-order valence-electron chi connectivity index (χ4n) is 4.93.